The van der Waals surface area contributed by atoms with Crippen LogP contribution in [0.25, 0.3) is 6.08 Å². The minimum atomic E-state index is -0.764. The largest absolute Gasteiger partial charge is 0.452 e. The summed E-state index contributed by atoms with van der Waals surface area (Å²) in [4.78, 5) is 35.0. The zero-order chi connectivity index (χ0) is 19.8. The molecule has 2 rings (SSSR count). The first-order valence-electron chi connectivity index (χ1n) is 8.12. The van der Waals surface area contributed by atoms with Crippen molar-refractivity contribution in [2.24, 2.45) is 0 Å². The molecule has 0 aliphatic carbocycles. The van der Waals surface area contributed by atoms with Gasteiger partial charge in [0.1, 0.15) is 5.82 Å². The van der Waals surface area contributed by atoms with Crippen LogP contribution >= 0.6 is 0 Å². The summed E-state index contributed by atoms with van der Waals surface area (Å²) < 4.78 is 17.5. The number of rotatable bonds is 5. The molecule has 0 unspecified atom stereocenters. The average molecular weight is 370 g/mol. The second-order valence-corrected chi connectivity index (χ2v) is 5.79. The Morgan fingerprint density at radius 3 is 2.41 bits per heavy atom. The van der Waals surface area contributed by atoms with Gasteiger partial charge < -0.3 is 10.1 Å². The highest BCUT2D eigenvalue weighted by Crippen LogP contribution is 2.13. The molecule has 0 aliphatic rings. The van der Waals surface area contributed by atoms with Crippen LogP contribution in [0.5, 0.6) is 0 Å². The topological polar surface area (TPSA) is 84.5 Å². The van der Waals surface area contributed by atoms with Gasteiger partial charge in [-0.2, -0.15) is 0 Å². The molecule has 0 atom stereocenters. The highest BCUT2D eigenvalue weighted by atomic mass is 19.1. The Morgan fingerprint density at radius 2 is 1.74 bits per heavy atom. The molecule has 0 aliphatic heterocycles. The van der Waals surface area contributed by atoms with Gasteiger partial charge in [0, 0.05) is 11.8 Å². The summed E-state index contributed by atoms with van der Waals surface area (Å²) >= 11 is 0. The maximum Gasteiger partial charge on any atom is 0.331 e. The average Bonchev–Trinajstić information content (AvgIpc) is 2.62. The lowest BCUT2D eigenvalue weighted by Gasteiger charge is -2.08. The van der Waals surface area contributed by atoms with E-state index >= 15 is 0 Å². The van der Waals surface area contributed by atoms with Crippen molar-refractivity contribution in [2.75, 3.05) is 11.9 Å². The van der Waals surface area contributed by atoms with Gasteiger partial charge in [-0.25, -0.2) is 14.0 Å². The standard InChI is InChI=1S/C20H19FN2O4/c1-13-3-9-17(11-14(13)2)22-20(26)23-18(24)12-27-19(25)10-6-15-4-7-16(21)8-5-15/h3-11H,12H2,1-2H3,(H2,22,23,24,26)/b10-6+. The molecular weight excluding hydrogens is 351 g/mol. The van der Waals surface area contributed by atoms with Gasteiger partial charge in [-0.15, -0.1) is 0 Å². The van der Waals surface area contributed by atoms with Gasteiger partial charge in [0.05, 0.1) is 0 Å². The number of carbonyl (C=O) groups excluding carboxylic acids is 3. The summed E-state index contributed by atoms with van der Waals surface area (Å²) in [5, 5.41) is 4.59. The van der Waals surface area contributed by atoms with Gasteiger partial charge in [0.25, 0.3) is 5.91 Å². The minimum Gasteiger partial charge on any atom is -0.452 e. The molecule has 0 heterocycles. The number of esters is 1. The molecule has 2 N–H and O–H groups in total. The minimum absolute atomic E-state index is 0.384. The van der Waals surface area contributed by atoms with Crippen molar-refractivity contribution in [3.63, 3.8) is 0 Å². The van der Waals surface area contributed by atoms with E-state index in [-0.39, 0.29) is 5.82 Å². The summed E-state index contributed by atoms with van der Waals surface area (Å²) in [6.45, 7) is 3.25. The van der Waals surface area contributed by atoms with E-state index < -0.39 is 24.5 Å². The van der Waals surface area contributed by atoms with Crippen LogP contribution in [0, 0.1) is 19.7 Å². The number of urea groups is 1. The van der Waals surface area contributed by atoms with Gasteiger partial charge in [-0.1, -0.05) is 18.2 Å². The lowest BCUT2D eigenvalue weighted by molar-refractivity contribution is -0.143. The van der Waals surface area contributed by atoms with E-state index in [2.05, 4.69) is 10.6 Å². The number of aryl methyl sites for hydroxylation is 2. The number of hydrogen-bond acceptors (Lipinski definition) is 4. The van der Waals surface area contributed by atoms with E-state index in [1.807, 2.05) is 19.9 Å². The molecule has 140 valence electrons. The van der Waals surface area contributed by atoms with Crippen molar-refractivity contribution < 1.29 is 23.5 Å². The van der Waals surface area contributed by atoms with Crippen LogP contribution in [0.15, 0.2) is 48.5 Å². The van der Waals surface area contributed by atoms with Crippen LogP contribution in [-0.4, -0.2) is 24.5 Å². The van der Waals surface area contributed by atoms with Crippen LogP contribution in [-0.2, 0) is 14.3 Å². The zero-order valence-corrected chi connectivity index (χ0v) is 14.9. The molecule has 2 aromatic rings. The fourth-order valence-corrected chi connectivity index (χ4v) is 2.07. The van der Waals surface area contributed by atoms with Crippen molar-refractivity contribution >= 4 is 29.7 Å². The number of amides is 3. The number of anilines is 1. The second-order valence-electron chi connectivity index (χ2n) is 5.79. The predicted octanol–water partition coefficient (Wildman–Crippen LogP) is 3.35. The third-order valence-corrected chi connectivity index (χ3v) is 3.65. The summed E-state index contributed by atoms with van der Waals surface area (Å²) in [6.07, 6.45) is 2.53. The number of hydrogen-bond donors (Lipinski definition) is 2. The van der Waals surface area contributed by atoms with Crippen LogP contribution in [0.4, 0.5) is 14.9 Å². The first kappa shape index (κ1) is 19.8. The quantitative estimate of drug-likeness (QED) is 0.624. The fourth-order valence-electron chi connectivity index (χ4n) is 2.07. The molecule has 0 bridgehead atoms. The number of halogens is 1. The normalized spacial score (nSPS) is 10.5. The van der Waals surface area contributed by atoms with Crippen LogP contribution in [0.2, 0.25) is 0 Å². The number of nitrogens with one attached hydrogen (secondary N) is 2. The molecule has 7 heteroatoms. The summed E-state index contributed by atoms with van der Waals surface area (Å²) in [6, 6.07) is 10.1. The molecule has 0 saturated carbocycles. The number of benzene rings is 2. The summed E-state index contributed by atoms with van der Waals surface area (Å²) in [7, 11) is 0. The number of ether oxygens (including phenoxy) is 1. The van der Waals surface area contributed by atoms with E-state index in [1.165, 1.54) is 30.3 Å². The lowest BCUT2D eigenvalue weighted by Crippen LogP contribution is -2.37. The molecule has 2 aromatic carbocycles. The lowest BCUT2D eigenvalue weighted by atomic mass is 10.1. The molecular formula is C20H19FN2O4. The van der Waals surface area contributed by atoms with Crippen LogP contribution < -0.4 is 10.6 Å². The van der Waals surface area contributed by atoms with E-state index in [0.717, 1.165) is 17.2 Å². The van der Waals surface area contributed by atoms with Crippen LogP contribution in [0.1, 0.15) is 16.7 Å². The van der Waals surface area contributed by atoms with Gasteiger partial charge in [0.2, 0.25) is 0 Å². The predicted molar refractivity (Wildman–Crippen MR) is 99.5 cm³/mol. The molecule has 0 radical (unpaired) electrons. The first-order chi connectivity index (χ1) is 12.8. The van der Waals surface area contributed by atoms with E-state index in [1.54, 1.807) is 12.1 Å². The molecule has 3 amide bonds. The van der Waals surface area contributed by atoms with E-state index in [0.29, 0.717) is 11.3 Å². The maximum absolute atomic E-state index is 12.8. The molecule has 0 saturated heterocycles. The van der Waals surface area contributed by atoms with Crippen molar-refractivity contribution in [1.29, 1.82) is 0 Å². The molecule has 0 aromatic heterocycles. The molecule has 27 heavy (non-hydrogen) atoms. The SMILES string of the molecule is Cc1ccc(NC(=O)NC(=O)COC(=O)/C=C/c2ccc(F)cc2)cc1C. The highest BCUT2D eigenvalue weighted by Gasteiger charge is 2.10. The van der Waals surface area contributed by atoms with Crippen molar-refractivity contribution in [3.8, 4) is 0 Å². The van der Waals surface area contributed by atoms with Gasteiger partial charge >= 0.3 is 12.0 Å². The Kier molecular flexibility index (Phi) is 6.82. The third kappa shape index (κ3) is 6.74. The Balaban J connectivity index is 1.76. The van der Waals surface area contributed by atoms with E-state index in [4.69, 9.17) is 4.74 Å². The fraction of sp³-hybridized carbons (Fsp3) is 0.150. The molecule has 0 fully saturated rings. The Bertz CT molecular complexity index is 876. The second kappa shape index (κ2) is 9.28. The van der Waals surface area contributed by atoms with Crippen molar-refractivity contribution in [1.82, 2.24) is 5.32 Å². The molecule has 0 spiro atoms. The van der Waals surface area contributed by atoms with Crippen LogP contribution in [0.3, 0.4) is 0 Å². The summed E-state index contributed by atoms with van der Waals surface area (Å²) in [5.74, 6) is -1.91. The zero-order valence-electron chi connectivity index (χ0n) is 14.9. The van der Waals surface area contributed by atoms with Gasteiger partial charge in [-0.3, -0.25) is 10.1 Å². The Labute approximate surface area is 156 Å². The number of carbonyl (C=O) groups is 3. The summed E-state index contributed by atoms with van der Waals surface area (Å²) in [5.41, 5.74) is 3.23. The smallest absolute Gasteiger partial charge is 0.331 e. The molecule has 6 nitrogen and oxygen atoms in total. The Hall–Kier alpha value is -3.48. The van der Waals surface area contributed by atoms with Gasteiger partial charge in [0.15, 0.2) is 6.61 Å². The highest BCUT2D eigenvalue weighted by molar-refractivity contribution is 6.02. The van der Waals surface area contributed by atoms with Crippen molar-refractivity contribution in [2.45, 2.75) is 13.8 Å². The third-order valence-electron chi connectivity index (χ3n) is 3.65. The number of imide groups is 1. The first-order valence-corrected chi connectivity index (χ1v) is 8.12. The van der Waals surface area contributed by atoms with E-state index in [9.17, 15) is 18.8 Å². The van der Waals surface area contributed by atoms with Crippen molar-refractivity contribution in [3.05, 3.63) is 71.0 Å². The monoisotopic (exact) mass is 370 g/mol. The van der Waals surface area contributed by atoms with Gasteiger partial charge in [-0.05, 0) is 60.9 Å². The Morgan fingerprint density at radius 1 is 1.04 bits per heavy atom. The maximum atomic E-state index is 12.8.